The van der Waals surface area contributed by atoms with Crippen molar-refractivity contribution in [3.05, 3.63) is 30.5 Å². The predicted octanol–water partition coefficient (Wildman–Crippen LogP) is 0.929. The van der Waals surface area contributed by atoms with Crippen LogP contribution in [0.2, 0.25) is 0 Å². The SMILES string of the molecule is [CH2]S(=O)(=O)Cc1nc2ncccc2o1. The zero-order valence-electron chi connectivity index (χ0n) is 7.17. The Labute approximate surface area is 80.7 Å². The number of pyridine rings is 1. The number of fused-ring (bicyclic) bond motifs is 1. The van der Waals surface area contributed by atoms with Gasteiger partial charge in [-0.3, -0.25) is 0 Å². The van der Waals surface area contributed by atoms with Crippen LogP contribution < -0.4 is 0 Å². The lowest BCUT2D eigenvalue weighted by Crippen LogP contribution is -1.97. The summed E-state index contributed by atoms with van der Waals surface area (Å²) in [5, 5.41) is 0. The van der Waals surface area contributed by atoms with E-state index in [0.29, 0.717) is 11.2 Å². The number of hydrogen-bond donors (Lipinski definition) is 0. The van der Waals surface area contributed by atoms with Gasteiger partial charge in [-0.1, -0.05) is 0 Å². The number of nitrogens with zero attached hydrogens (tertiary/aromatic N) is 2. The van der Waals surface area contributed by atoms with Crippen molar-refractivity contribution in [3.8, 4) is 0 Å². The second-order valence-corrected chi connectivity index (χ2v) is 4.60. The van der Waals surface area contributed by atoms with Gasteiger partial charge in [0.25, 0.3) is 0 Å². The molecule has 0 fully saturated rings. The number of aromatic nitrogens is 2. The van der Waals surface area contributed by atoms with E-state index >= 15 is 0 Å². The minimum Gasteiger partial charge on any atom is -0.438 e. The molecule has 0 aliphatic rings. The molecule has 0 amide bonds. The molecule has 0 N–H and O–H groups in total. The fraction of sp³-hybridized carbons (Fsp3) is 0.125. The molecule has 0 atom stereocenters. The van der Waals surface area contributed by atoms with Gasteiger partial charge in [0.05, 0.1) is 6.26 Å². The van der Waals surface area contributed by atoms with Crippen molar-refractivity contribution in [2.45, 2.75) is 5.75 Å². The van der Waals surface area contributed by atoms with Gasteiger partial charge in [0, 0.05) is 6.20 Å². The van der Waals surface area contributed by atoms with Crippen LogP contribution in [0.15, 0.2) is 22.7 Å². The van der Waals surface area contributed by atoms with E-state index in [2.05, 4.69) is 16.2 Å². The molecular weight excluding hydrogens is 204 g/mol. The maximum absolute atomic E-state index is 10.8. The highest BCUT2D eigenvalue weighted by Gasteiger charge is 2.11. The second-order valence-electron chi connectivity index (χ2n) is 2.82. The van der Waals surface area contributed by atoms with Crippen molar-refractivity contribution in [2.24, 2.45) is 0 Å². The van der Waals surface area contributed by atoms with E-state index < -0.39 is 9.84 Å². The highest BCUT2D eigenvalue weighted by Crippen LogP contribution is 2.13. The van der Waals surface area contributed by atoms with Crippen LogP contribution in [0.25, 0.3) is 11.2 Å². The summed E-state index contributed by atoms with van der Waals surface area (Å²) >= 11 is 0. The molecule has 2 rings (SSSR count). The molecule has 14 heavy (non-hydrogen) atoms. The summed E-state index contributed by atoms with van der Waals surface area (Å²) in [7, 11) is -3.36. The normalized spacial score (nSPS) is 12.1. The van der Waals surface area contributed by atoms with Crippen LogP contribution in [-0.4, -0.2) is 18.4 Å². The maximum Gasteiger partial charge on any atom is 0.212 e. The molecule has 73 valence electrons. The van der Waals surface area contributed by atoms with Crippen LogP contribution in [0, 0.1) is 6.26 Å². The molecule has 0 aromatic carbocycles. The molecule has 6 heteroatoms. The summed E-state index contributed by atoms with van der Waals surface area (Å²) in [6, 6.07) is 3.37. The molecule has 2 aromatic heterocycles. The Morgan fingerprint density at radius 1 is 1.50 bits per heavy atom. The lowest BCUT2D eigenvalue weighted by Gasteiger charge is -1.89. The quantitative estimate of drug-likeness (QED) is 0.738. The average molecular weight is 211 g/mol. The zero-order valence-corrected chi connectivity index (χ0v) is 7.99. The van der Waals surface area contributed by atoms with Crippen LogP contribution >= 0.6 is 0 Å². The van der Waals surface area contributed by atoms with Crippen LogP contribution in [-0.2, 0) is 15.6 Å². The third-order valence-corrected chi connectivity index (χ3v) is 2.24. The summed E-state index contributed by atoms with van der Waals surface area (Å²) in [5.41, 5.74) is 0.886. The first-order valence-corrected chi connectivity index (χ1v) is 5.63. The average Bonchev–Trinajstić information content (AvgIpc) is 2.42. The number of hydrogen-bond acceptors (Lipinski definition) is 5. The Morgan fingerprint density at radius 3 is 2.93 bits per heavy atom. The standard InChI is InChI=1S/C8H7N2O3S/c1-14(11,12)5-7-10-8-6(13-7)3-2-4-9-8/h2-4H,1,5H2. The minimum absolute atomic E-state index is 0.119. The van der Waals surface area contributed by atoms with Gasteiger partial charge in [-0.2, -0.15) is 4.98 Å². The first-order chi connectivity index (χ1) is 6.54. The number of sulfone groups is 1. The molecule has 0 aliphatic carbocycles. The topological polar surface area (TPSA) is 73.1 Å². The predicted molar refractivity (Wildman–Crippen MR) is 49.8 cm³/mol. The molecule has 2 heterocycles. The third kappa shape index (κ3) is 1.90. The van der Waals surface area contributed by atoms with Gasteiger partial charge in [0.2, 0.25) is 5.89 Å². The van der Waals surface area contributed by atoms with E-state index in [1.165, 1.54) is 0 Å². The molecular formula is C8H7N2O3S. The Kier molecular flexibility index (Phi) is 1.99. The van der Waals surface area contributed by atoms with Crippen molar-refractivity contribution >= 4 is 21.1 Å². The molecule has 0 unspecified atom stereocenters. The molecule has 2 aromatic rings. The Bertz CT molecular complexity index is 526. The van der Waals surface area contributed by atoms with Gasteiger partial charge in [0.1, 0.15) is 5.75 Å². The van der Waals surface area contributed by atoms with E-state index in [9.17, 15) is 8.42 Å². The van der Waals surface area contributed by atoms with E-state index in [1.807, 2.05) is 0 Å². The summed E-state index contributed by atoms with van der Waals surface area (Å²) in [5.74, 6) is -0.183. The van der Waals surface area contributed by atoms with E-state index in [0.717, 1.165) is 0 Å². The van der Waals surface area contributed by atoms with Crippen LogP contribution in [0.3, 0.4) is 0 Å². The monoisotopic (exact) mass is 211 g/mol. The maximum atomic E-state index is 10.8. The third-order valence-electron chi connectivity index (χ3n) is 1.55. The first-order valence-electron chi connectivity index (χ1n) is 3.81. The fourth-order valence-electron chi connectivity index (χ4n) is 1.06. The molecule has 0 aliphatic heterocycles. The van der Waals surface area contributed by atoms with Gasteiger partial charge < -0.3 is 4.42 Å². The van der Waals surface area contributed by atoms with E-state index in [4.69, 9.17) is 4.42 Å². The summed E-state index contributed by atoms with van der Waals surface area (Å²) in [4.78, 5) is 7.81. The Balaban J connectivity index is 2.46. The van der Waals surface area contributed by atoms with E-state index in [1.54, 1.807) is 18.3 Å². The van der Waals surface area contributed by atoms with Crippen LogP contribution in [0.5, 0.6) is 0 Å². The molecule has 0 saturated heterocycles. The van der Waals surface area contributed by atoms with Crippen molar-refractivity contribution < 1.29 is 12.8 Å². The van der Waals surface area contributed by atoms with Crippen molar-refractivity contribution in [3.63, 3.8) is 0 Å². The van der Waals surface area contributed by atoms with Crippen molar-refractivity contribution in [1.82, 2.24) is 9.97 Å². The van der Waals surface area contributed by atoms with Crippen LogP contribution in [0.4, 0.5) is 0 Å². The molecule has 0 saturated carbocycles. The van der Waals surface area contributed by atoms with Gasteiger partial charge >= 0.3 is 0 Å². The molecule has 0 spiro atoms. The summed E-state index contributed by atoms with van der Waals surface area (Å²) < 4.78 is 26.8. The summed E-state index contributed by atoms with van der Waals surface area (Å²) in [6.45, 7) is 0. The van der Waals surface area contributed by atoms with Crippen molar-refractivity contribution in [2.75, 3.05) is 0 Å². The second kappa shape index (κ2) is 3.06. The van der Waals surface area contributed by atoms with Crippen LogP contribution in [0.1, 0.15) is 5.89 Å². The highest BCUT2D eigenvalue weighted by atomic mass is 32.2. The van der Waals surface area contributed by atoms with Gasteiger partial charge in [-0.25, -0.2) is 13.4 Å². The smallest absolute Gasteiger partial charge is 0.212 e. The Morgan fingerprint density at radius 2 is 2.29 bits per heavy atom. The first kappa shape index (κ1) is 9.14. The zero-order chi connectivity index (χ0) is 10.2. The van der Waals surface area contributed by atoms with Gasteiger partial charge in [-0.15, -0.1) is 0 Å². The summed E-state index contributed by atoms with van der Waals surface area (Å²) in [6.07, 6.45) is 4.55. The highest BCUT2D eigenvalue weighted by molar-refractivity contribution is 7.91. The van der Waals surface area contributed by atoms with Gasteiger partial charge in [-0.05, 0) is 12.1 Å². The largest absolute Gasteiger partial charge is 0.438 e. The molecule has 1 radical (unpaired) electrons. The molecule has 0 bridgehead atoms. The number of rotatable bonds is 2. The Hall–Kier alpha value is -1.43. The fourth-order valence-corrected chi connectivity index (χ4v) is 1.56. The molecule has 5 nitrogen and oxygen atoms in total. The minimum atomic E-state index is -3.36. The lowest BCUT2D eigenvalue weighted by atomic mass is 10.5. The van der Waals surface area contributed by atoms with Crippen molar-refractivity contribution in [1.29, 1.82) is 0 Å². The van der Waals surface area contributed by atoms with E-state index in [-0.39, 0.29) is 11.6 Å². The number of oxazole rings is 1. The lowest BCUT2D eigenvalue weighted by molar-refractivity contribution is 0.542. The van der Waals surface area contributed by atoms with Gasteiger partial charge in [0.15, 0.2) is 21.1 Å².